The molecule has 0 atom stereocenters. The minimum atomic E-state index is -0.536. The Bertz CT molecular complexity index is 580. The van der Waals surface area contributed by atoms with Crippen molar-refractivity contribution in [2.75, 3.05) is 0 Å². The van der Waals surface area contributed by atoms with E-state index in [9.17, 15) is 9.18 Å². The van der Waals surface area contributed by atoms with Crippen LogP contribution < -0.4 is 0 Å². The molecule has 3 nitrogen and oxygen atoms in total. The fourth-order valence-electron chi connectivity index (χ4n) is 1.67. The highest BCUT2D eigenvalue weighted by Crippen LogP contribution is 2.21. The summed E-state index contributed by atoms with van der Waals surface area (Å²) in [4.78, 5) is 12.1. The molecule has 0 unspecified atom stereocenters. The Balaban J connectivity index is 2.32. The van der Waals surface area contributed by atoms with Crippen molar-refractivity contribution in [1.82, 2.24) is 9.78 Å². The summed E-state index contributed by atoms with van der Waals surface area (Å²) in [6.45, 7) is 2.77. The Kier molecular flexibility index (Phi) is 3.91. The fraction of sp³-hybridized carbons (Fsp3) is 0.231. The van der Waals surface area contributed by atoms with E-state index < -0.39 is 5.82 Å². The van der Waals surface area contributed by atoms with Crippen LogP contribution >= 0.6 is 15.9 Å². The van der Waals surface area contributed by atoms with Crippen molar-refractivity contribution >= 4 is 21.7 Å². The van der Waals surface area contributed by atoms with Crippen molar-refractivity contribution in [2.45, 2.75) is 19.9 Å². The van der Waals surface area contributed by atoms with Crippen LogP contribution in [0.25, 0.3) is 0 Å². The third kappa shape index (κ3) is 2.51. The van der Waals surface area contributed by atoms with Crippen LogP contribution in [0.15, 0.2) is 35.1 Å². The first-order valence-electron chi connectivity index (χ1n) is 5.64. The normalized spacial score (nSPS) is 10.6. The summed E-state index contributed by atoms with van der Waals surface area (Å²) in [5.74, 6) is -0.887. The van der Waals surface area contributed by atoms with Gasteiger partial charge in [0.25, 0.3) is 0 Å². The molecule has 1 aromatic heterocycles. The van der Waals surface area contributed by atoms with Gasteiger partial charge in [-0.1, -0.05) is 13.0 Å². The largest absolute Gasteiger partial charge is 0.288 e. The molecule has 18 heavy (non-hydrogen) atoms. The van der Waals surface area contributed by atoms with Crippen LogP contribution in [0.2, 0.25) is 0 Å². The molecule has 0 aliphatic rings. The van der Waals surface area contributed by atoms with Gasteiger partial charge in [0.15, 0.2) is 5.78 Å². The number of nitrogens with zero attached hydrogens (tertiary/aromatic N) is 2. The first kappa shape index (κ1) is 13.0. The molecule has 0 fully saturated rings. The van der Waals surface area contributed by atoms with Crippen molar-refractivity contribution in [3.63, 3.8) is 0 Å². The lowest BCUT2D eigenvalue weighted by molar-refractivity contribution is 0.103. The van der Waals surface area contributed by atoms with Crippen molar-refractivity contribution in [3.8, 4) is 0 Å². The van der Waals surface area contributed by atoms with E-state index >= 15 is 0 Å². The molecule has 0 saturated carbocycles. The van der Waals surface area contributed by atoms with Gasteiger partial charge < -0.3 is 0 Å². The summed E-state index contributed by atoms with van der Waals surface area (Å²) in [6, 6.07) is 4.67. The fourth-order valence-corrected chi connectivity index (χ4v) is 2.03. The van der Waals surface area contributed by atoms with Gasteiger partial charge in [0.2, 0.25) is 0 Å². The van der Waals surface area contributed by atoms with Gasteiger partial charge in [-0.15, -0.1) is 0 Å². The number of aromatic nitrogens is 2. The van der Waals surface area contributed by atoms with E-state index in [1.165, 1.54) is 12.3 Å². The first-order valence-corrected chi connectivity index (χ1v) is 6.44. The maximum Gasteiger partial charge on any atom is 0.199 e. The molecular weight excluding hydrogens is 299 g/mol. The lowest BCUT2D eigenvalue weighted by Crippen LogP contribution is -2.04. The molecule has 0 saturated heterocycles. The zero-order chi connectivity index (χ0) is 13.1. The van der Waals surface area contributed by atoms with Crippen molar-refractivity contribution in [1.29, 1.82) is 0 Å². The van der Waals surface area contributed by atoms with Gasteiger partial charge in [-0.25, -0.2) is 4.39 Å². The molecule has 0 radical (unpaired) electrons. The average molecular weight is 311 g/mol. The summed E-state index contributed by atoms with van der Waals surface area (Å²) in [5, 5.41) is 4.07. The quantitative estimate of drug-likeness (QED) is 0.811. The third-order valence-corrected chi connectivity index (χ3v) is 3.16. The number of ketones is 1. The minimum Gasteiger partial charge on any atom is -0.288 e. The second kappa shape index (κ2) is 5.44. The van der Waals surface area contributed by atoms with E-state index in [4.69, 9.17) is 0 Å². The number of aryl methyl sites for hydroxylation is 1. The average Bonchev–Trinajstić information content (AvgIpc) is 2.81. The highest BCUT2D eigenvalue weighted by Gasteiger charge is 2.17. The molecule has 0 aliphatic carbocycles. The minimum absolute atomic E-state index is 0.0559. The SMILES string of the molecule is CCCn1cc(C(=O)c2cccc(Br)c2F)cn1. The highest BCUT2D eigenvalue weighted by molar-refractivity contribution is 9.10. The standard InChI is InChI=1S/C13H12BrFN2O/c1-2-6-17-8-9(7-16-17)13(18)10-4-3-5-11(14)12(10)15/h3-5,7-8H,2,6H2,1H3. The molecule has 0 aliphatic heterocycles. The topological polar surface area (TPSA) is 34.9 Å². The van der Waals surface area contributed by atoms with E-state index in [2.05, 4.69) is 21.0 Å². The van der Waals surface area contributed by atoms with Gasteiger partial charge >= 0.3 is 0 Å². The first-order chi connectivity index (χ1) is 8.63. The van der Waals surface area contributed by atoms with Gasteiger partial charge in [0.05, 0.1) is 21.8 Å². The number of carbonyl (C=O) groups excluding carboxylic acids is 1. The Morgan fingerprint density at radius 3 is 3.00 bits per heavy atom. The van der Waals surface area contributed by atoms with Crippen molar-refractivity contribution in [2.24, 2.45) is 0 Å². The summed E-state index contributed by atoms with van der Waals surface area (Å²) in [7, 11) is 0. The molecule has 94 valence electrons. The predicted octanol–water partition coefficient (Wildman–Crippen LogP) is 3.43. The Morgan fingerprint density at radius 1 is 1.50 bits per heavy atom. The molecule has 0 spiro atoms. The molecule has 0 bridgehead atoms. The summed E-state index contributed by atoms with van der Waals surface area (Å²) in [5.41, 5.74) is 0.459. The molecule has 1 heterocycles. The molecule has 2 rings (SSSR count). The van der Waals surface area contributed by atoms with E-state index in [1.807, 2.05) is 6.92 Å². The van der Waals surface area contributed by atoms with Crippen LogP contribution in [0, 0.1) is 5.82 Å². The number of benzene rings is 1. The van der Waals surface area contributed by atoms with Gasteiger partial charge in [-0.3, -0.25) is 9.48 Å². The van der Waals surface area contributed by atoms with E-state index in [1.54, 1.807) is 23.0 Å². The van der Waals surface area contributed by atoms with Crippen LogP contribution in [0.4, 0.5) is 4.39 Å². The number of hydrogen-bond donors (Lipinski definition) is 0. The van der Waals surface area contributed by atoms with E-state index in [0.29, 0.717) is 5.56 Å². The lowest BCUT2D eigenvalue weighted by atomic mass is 10.1. The monoisotopic (exact) mass is 310 g/mol. The number of carbonyl (C=O) groups is 1. The van der Waals surface area contributed by atoms with Crippen LogP contribution in [-0.2, 0) is 6.54 Å². The molecule has 1 aromatic carbocycles. The van der Waals surface area contributed by atoms with Gasteiger partial charge in [0.1, 0.15) is 5.82 Å². The Hall–Kier alpha value is -1.49. The summed E-state index contributed by atoms with van der Waals surface area (Å²) >= 11 is 3.07. The number of hydrogen-bond acceptors (Lipinski definition) is 2. The second-order valence-corrected chi connectivity index (χ2v) is 4.78. The smallest absolute Gasteiger partial charge is 0.199 e. The maximum atomic E-state index is 13.8. The maximum absolute atomic E-state index is 13.8. The van der Waals surface area contributed by atoms with Crippen LogP contribution in [0.1, 0.15) is 29.3 Å². The van der Waals surface area contributed by atoms with Crippen molar-refractivity contribution in [3.05, 3.63) is 52.0 Å². The van der Waals surface area contributed by atoms with Gasteiger partial charge in [-0.05, 0) is 34.5 Å². The zero-order valence-corrected chi connectivity index (χ0v) is 11.4. The molecule has 0 amide bonds. The Morgan fingerprint density at radius 2 is 2.28 bits per heavy atom. The van der Waals surface area contributed by atoms with Gasteiger partial charge in [-0.2, -0.15) is 5.10 Å². The summed E-state index contributed by atoms with van der Waals surface area (Å²) in [6.07, 6.45) is 4.05. The number of halogens is 2. The lowest BCUT2D eigenvalue weighted by Gasteiger charge is -2.01. The van der Waals surface area contributed by atoms with E-state index in [0.717, 1.165) is 13.0 Å². The van der Waals surface area contributed by atoms with Crippen LogP contribution in [-0.4, -0.2) is 15.6 Å². The number of rotatable bonds is 4. The van der Waals surface area contributed by atoms with Crippen molar-refractivity contribution < 1.29 is 9.18 Å². The zero-order valence-electron chi connectivity index (χ0n) is 9.86. The van der Waals surface area contributed by atoms with E-state index in [-0.39, 0.29) is 15.8 Å². The molecular formula is C13H12BrFN2O. The van der Waals surface area contributed by atoms with Crippen LogP contribution in [0.5, 0.6) is 0 Å². The predicted molar refractivity (Wildman–Crippen MR) is 70.1 cm³/mol. The molecule has 2 aromatic rings. The van der Waals surface area contributed by atoms with Gasteiger partial charge in [0, 0.05) is 12.7 Å². The third-order valence-electron chi connectivity index (χ3n) is 2.54. The molecule has 0 N–H and O–H groups in total. The second-order valence-electron chi connectivity index (χ2n) is 3.92. The Labute approximate surface area is 113 Å². The summed E-state index contributed by atoms with van der Waals surface area (Å²) < 4.78 is 15.8. The van der Waals surface area contributed by atoms with Crippen LogP contribution in [0.3, 0.4) is 0 Å². The highest BCUT2D eigenvalue weighted by atomic mass is 79.9. The molecule has 5 heteroatoms.